The first-order chi connectivity index (χ1) is 7.79. The normalized spacial score (nSPS) is 15.6. The van der Waals surface area contributed by atoms with Crippen molar-refractivity contribution in [2.45, 2.75) is 30.5 Å². The van der Waals surface area contributed by atoms with Crippen molar-refractivity contribution in [3.05, 3.63) is 0 Å². The summed E-state index contributed by atoms with van der Waals surface area (Å²) >= 11 is 11.6. The highest BCUT2D eigenvalue weighted by atomic mass is 35.5. The van der Waals surface area contributed by atoms with Crippen molar-refractivity contribution in [3.63, 3.8) is 0 Å². The quantitative estimate of drug-likeness (QED) is 0.418. The maximum atomic E-state index is 11.6. The predicted molar refractivity (Wildman–Crippen MR) is 62.2 cm³/mol. The third kappa shape index (κ3) is 4.16. The van der Waals surface area contributed by atoms with Gasteiger partial charge >= 0.3 is 11.9 Å². The summed E-state index contributed by atoms with van der Waals surface area (Å²) in [5, 5.41) is -1.19. The molecule has 0 aliphatic heterocycles. The molecule has 0 saturated carbocycles. The van der Waals surface area contributed by atoms with Crippen LogP contribution in [0.2, 0.25) is 0 Å². The minimum atomic E-state index is -1.95. The van der Waals surface area contributed by atoms with Crippen LogP contribution in [0, 0.1) is 0 Å². The van der Waals surface area contributed by atoms with Crippen molar-refractivity contribution in [1.82, 2.24) is 0 Å². The van der Waals surface area contributed by atoms with E-state index in [9.17, 15) is 14.4 Å². The van der Waals surface area contributed by atoms with Gasteiger partial charge in [-0.05, 0) is 13.8 Å². The lowest BCUT2D eigenvalue weighted by Gasteiger charge is -2.23. The number of hydrogen-bond donors (Lipinski definition) is 0. The fraction of sp³-hybridized carbons (Fsp3) is 0.700. The smallest absolute Gasteiger partial charge is 0.334 e. The van der Waals surface area contributed by atoms with Gasteiger partial charge in [0.2, 0.25) is 4.87 Å². The molecule has 0 aliphatic rings. The topological polar surface area (TPSA) is 69.7 Å². The Bertz CT molecular complexity index is 318. The number of esters is 2. The fourth-order valence-electron chi connectivity index (χ4n) is 1.07. The maximum Gasteiger partial charge on any atom is 0.334 e. The average molecular weight is 285 g/mol. The van der Waals surface area contributed by atoms with Gasteiger partial charge in [0.1, 0.15) is 5.38 Å². The lowest BCUT2D eigenvalue weighted by Crippen LogP contribution is -2.44. The Morgan fingerprint density at radius 2 is 1.88 bits per heavy atom. The summed E-state index contributed by atoms with van der Waals surface area (Å²) in [6, 6.07) is 0. The summed E-state index contributed by atoms with van der Waals surface area (Å²) in [4.78, 5) is 32.1. The van der Waals surface area contributed by atoms with Crippen molar-refractivity contribution in [3.8, 4) is 0 Å². The van der Waals surface area contributed by atoms with E-state index in [1.807, 2.05) is 0 Å². The molecule has 0 aliphatic carbocycles. The summed E-state index contributed by atoms with van der Waals surface area (Å²) in [7, 11) is 1.14. The minimum absolute atomic E-state index is 0.0752. The second-order valence-electron chi connectivity index (χ2n) is 3.27. The number of carbonyl (C=O) groups excluding carboxylic acids is 3. The highest BCUT2D eigenvalue weighted by Crippen LogP contribution is 2.27. The van der Waals surface area contributed by atoms with Crippen LogP contribution in [0.3, 0.4) is 0 Å². The van der Waals surface area contributed by atoms with Crippen molar-refractivity contribution in [2.24, 2.45) is 0 Å². The number of methoxy groups -OCH3 is 1. The molecule has 0 heterocycles. The van der Waals surface area contributed by atoms with Crippen LogP contribution in [0.25, 0.3) is 0 Å². The molecule has 0 spiro atoms. The number of ether oxygens (including phenoxy) is 2. The predicted octanol–water partition coefficient (Wildman–Crippen LogP) is 1.29. The third-order valence-electron chi connectivity index (χ3n) is 2.07. The van der Waals surface area contributed by atoms with E-state index < -0.39 is 28.0 Å². The number of Topliss-reactive ketones (excluding diaryl/α,β-unsaturated/α-hetero) is 1. The van der Waals surface area contributed by atoms with Crippen LogP contribution in [-0.4, -0.2) is 41.7 Å². The fourth-order valence-corrected chi connectivity index (χ4v) is 1.68. The first kappa shape index (κ1) is 16.2. The standard InChI is InChI=1S/C10H14Cl2O5/c1-4-17-9(15)10(12,6(2)13)5-7(11)8(14)16-3/h7H,4-5H2,1-3H3. The number of alkyl halides is 2. The number of hydrogen-bond acceptors (Lipinski definition) is 5. The van der Waals surface area contributed by atoms with Crippen molar-refractivity contribution in [1.29, 1.82) is 0 Å². The SMILES string of the molecule is CCOC(=O)C(Cl)(CC(Cl)C(=O)OC)C(C)=O. The van der Waals surface area contributed by atoms with Crippen LogP contribution in [0.15, 0.2) is 0 Å². The molecule has 17 heavy (non-hydrogen) atoms. The monoisotopic (exact) mass is 284 g/mol. The molecular formula is C10H14Cl2O5. The Morgan fingerprint density at radius 3 is 2.24 bits per heavy atom. The van der Waals surface area contributed by atoms with Gasteiger partial charge in [-0.15, -0.1) is 11.6 Å². The highest BCUT2D eigenvalue weighted by molar-refractivity contribution is 6.46. The Balaban J connectivity index is 4.91. The first-order valence-electron chi connectivity index (χ1n) is 4.88. The van der Waals surface area contributed by atoms with E-state index >= 15 is 0 Å². The van der Waals surface area contributed by atoms with E-state index in [0.29, 0.717) is 0 Å². The molecule has 0 amide bonds. The van der Waals surface area contributed by atoms with Gasteiger partial charge < -0.3 is 9.47 Å². The largest absolute Gasteiger partial charge is 0.468 e. The molecule has 5 nitrogen and oxygen atoms in total. The summed E-state index contributed by atoms with van der Waals surface area (Å²) in [6.45, 7) is 2.78. The van der Waals surface area contributed by atoms with Gasteiger partial charge in [-0.25, -0.2) is 4.79 Å². The van der Waals surface area contributed by atoms with Crippen LogP contribution in [0.5, 0.6) is 0 Å². The molecule has 0 fully saturated rings. The number of halogens is 2. The van der Waals surface area contributed by atoms with Crippen LogP contribution >= 0.6 is 23.2 Å². The van der Waals surface area contributed by atoms with Gasteiger partial charge in [0.15, 0.2) is 5.78 Å². The zero-order valence-electron chi connectivity index (χ0n) is 9.79. The van der Waals surface area contributed by atoms with E-state index in [2.05, 4.69) is 9.47 Å². The molecule has 0 bridgehead atoms. The van der Waals surface area contributed by atoms with Gasteiger partial charge in [-0.1, -0.05) is 11.6 Å². The van der Waals surface area contributed by atoms with Gasteiger partial charge in [-0.3, -0.25) is 9.59 Å². The molecule has 0 rings (SSSR count). The van der Waals surface area contributed by atoms with Crippen LogP contribution < -0.4 is 0 Å². The number of ketones is 1. The molecule has 0 aromatic heterocycles. The van der Waals surface area contributed by atoms with E-state index in [-0.39, 0.29) is 13.0 Å². The van der Waals surface area contributed by atoms with E-state index in [1.54, 1.807) is 6.92 Å². The second kappa shape index (κ2) is 6.81. The molecule has 2 atom stereocenters. The van der Waals surface area contributed by atoms with Crippen LogP contribution in [0.1, 0.15) is 20.3 Å². The summed E-state index contributed by atoms with van der Waals surface area (Å²) in [5.74, 6) is -2.31. The number of carbonyl (C=O) groups is 3. The minimum Gasteiger partial charge on any atom is -0.468 e. The summed E-state index contributed by atoms with van der Waals surface area (Å²) in [6.07, 6.45) is -0.378. The average Bonchev–Trinajstić information content (AvgIpc) is 2.27. The van der Waals surface area contributed by atoms with Gasteiger partial charge in [-0.2, -0.15) is 0 Å². The van der Waals surface area contributed by atoms with Gasteiger partial charge in [0.25, 0.3) is 0 Å². The molecule has 7 heteroatoms. The van der Waals surface area contributed by atoms with Crippen molar-refractivity contribution < 1.29 is 23.9 Å². The van der Waals surface area contributed by atoms with Crippen LogP contribution in [0.4, 0.5) is 0 Å². The maximum absolute atomic E-state index is 11.6. The Morgan fingerprint density at radius 1 is 1.35 bits per heavy atom. The zero-order chi connectivity index (χ0) is 13.6. The van der Waals surface area contributed by atoms with Gasteiger partial charge in [0.05, 0.1) is 13.7 Å². The second-order valence-corrected chi connectivity index (χ2v) is 4.44. The Hall–Kier alpha value is -0.810. The van der Waals surface area contributed by atoms with E-state index in [4.69, 9.17) is 23.2 Å². The van der Waals surface area contributed by atoms with Crippen molar-refractivity contribution >= 4 is 40.9 Å². The van der Waals surface area contributed by atoms with Gasteiger partial charge in [0, 0.05) is 6.42 Å². The molecule has 0 N–H and O–H groups in total. The number of rotatable bonds is 6. The molecular weight excluding hydrogens is 271 g/mol. The lowest BCUT2D eigenvalue weighted by molar-refractivity contribution is -0.150. The lowest BCUT2D eigenvalue weighted by atomic mass is 9.98. The Kier molecular flexibility index (Phi) is 6.49. The molecule has 2 unspecified atom stereocenters. The molecule has 98 valence electrons. The molecule has 0 radical (unpaired) electrons. The third-order valence-corrected chi connectivity index (χ3v) is 2.98. The molecule has 0 saturated heterocycles. The van der Waals surface area contributed by atoms with Crippen LogP contribution in [-0.2, 0) is 23.9 Å². The summed E-state index contributed by atoms with van der Waals surface area (Å²) < 4.78 is 9.06. The zero-order valence-corrected chi connectivity index (χ0v) is 11.3. The molecule has 0 aromatic rings. The van der Waals surface area contributed by atoms with Crippen molar-refractivity contribution in [2.75, 3.05) is 13.7 Å². The first-order valence-corrected chi connectivity index (χ1v) is 5.70. The van der Waals surface area contributed by atoms with E-state index in [1.165, 1.54) is 0 Å². The molecule has 0 aromatic carbocycles. The van der Waals surface area contributed by atoms with E-state index in [0.717, 1.165) is 14.0 Å². The highest BCUT2D eigenvalue weighted by Gasteiger charge is 2.46. The Labute approximate surface area is 109 Å². The summed E-state index contributed by atoms with van der Waals surface area (Å²) in [5.41, 5.74) is 0.